The molecule has 0 aromatic heterocycles. The number of nitrogens with two attached hydrogens (primary N) is 1. The van der Waals surface area contributed by atoms with Crippen LogP contribution in [-0.4, -0.2) is 58.4 Å². The lowest BCUT2D eigenvalue weighted by Gasteiger charge is -2.14. The molecule has 0 bridgehead atoms. The molecule has 0 unspecified atom stereocenters. The first-order valence-corrected chi connectivity index (χ1v) is 11.5. The molecule has 2 aromatic carbocycles. The third-order valence-corrected chi connectivity index (χ3v) is 4.98. The van der Waals surface area contributed by atoms with Crippen LogP contribution < -0.4 is 19.9 Å². The van der Waals surface area contributed by atoms with Crippen molar-refractivity contribution in [1.82, 2.24) is 0 Å². The zero-order valence-corrected chi connectivity index (χ0v) is 20.0. The highest BCUT2D eigenvalue weighted by Gasteiger charge is 2.18. The van der Waals surface area contributed by atoms with Crippen molar-refractivity contribution in [3.63, 3.8) is 0 Å². The zero-order chi connectivity index (χ0) is 26.0. The van der Waals surface area contributed by atoms with Crippen LogP contribution >= 0.6 is 0 Å². The first kappa shape index (κ1) is 27.3. The van der Waals surface area contributed by atoms with E-state index in [2.05, 4.69) is 10.2 Å². The second-order valence-electron chi connectivity index (χ2n) is 6.74. The number of hydrogen-bond donors (Lipinski definition) is 2. The highest BCUT2D eigenvalue weighted by molar-refractivity contribution is 7.86. The number of azo groups is 1. The minimum absolute atomic E-state index is 0.00159. The molecule has 0 saturated heterocycles. The van der Waals surface area contributed by atoms with E-state index in [1.807, 2.05) is 0 Å². The smallest absolute Gasteiger partial charge is 0.302 e. The number of methoxy groups -OCH3 is 1. The summed E-state index contributed by atoms with van der Waals surface area (Å²) in [6.07, 6.45) is 0. The van der Waals surface area contributed by atoms with Crippen molar-refractivity contribution in [3.8, 4) is 17.2 Å². The number of hydrogen-bond acceptors (Lipinski definition) is 12. The van der Waals surface area contributed by atoms with E-state index in [-0.39, 0.29) is 60.7 Å². The third kappa shape index (κ3) is 8.75. The van der Waals surface area contributed by atoms with Crippen LogP contribution in [0.1, 0.15) is 13.8 Å². The molecule has 0 fully saturated rings. The number of esters is 2. The lowest BCUT2D eigenvalue weighted by molar-refractivity contribution is -0.142. The van der Waals surface area contributed by atoms with Gasteiger partial charge in [-0.05, 0) is 12.1 Å². The van der Waals surface area contributed by atoms with Gasteiger partial charge in [-0.25, -0.2) is 0 Å². The molecule has 190 valence electrons. The predicted octanol–water partition coefficient (Wildman–Crippen LogP) is 2.82. The molecule has 0 aliphatic heterocycles. The average Bonchev–Trinajstić information content (AvgIpc) is 2.78. The molecule has 0 atom stereocenters. The van der Waals surface area contributed by atoms with E-state index in [0.717, 1.165) is 6.07 Å². The second-order valence-corrected chi connectivity index (χ2v) is 8.13. The SMILES string of the molecule is COc1ccc(N=Nc2cc(OCCOC(C)=O)c(N)cc2OCCOC(C)=O)c(S(=O)(=O)O)c1. The normalized spacial score (nSPS) is 11.2. The van der Waals surface area contributed by atoms with Gasteiger partial charge in [-0.3, -0.25) is 14.1 Å². The van der Waals surface area contributed by atoms with Crippen LogP contribution in [0.5, 0.6) is 17.2 Å². The van der Waals surface area contributed by atoms with Crippen molar-refractivity contribution in [2.45, 2.75) is 18.7 Å². The fourth-order valence-corrected chi connectivity index (χ4v) is 3.21. The van der Waals surface area contributed by atoms with Crippen LogP contribution in [0.2, 0.25) is 0 Å². The molecule has 0 aliphatic carbocycles. The van der Waals surface area contributed by atoms with Crippen molar-refractivity contribution in [2.24, 2.45) is 10.2 Å². The molecule has 0 saturated carbocycles. The molecule has 0 heterocycles. The molecular weight excluding hydrogens is 486 g/mol. The molecule has 3 N–H and O–H groups in total. The summed E-state index contributed by atoms with van der Waals surface area (Å²) >= 11 is 0. The molecule has 0 spiro atoms. The Balaban J connectivity index is 2.38. The van der Waals surface area contributed by atoms with Gasteiger partial charge in [0.15, 0.2) is 0 Å². The minimum atomic E-state index is -4.64. The van der Waals surface area contributed by atoms with Gasteiger partial charge in [0.2, 0.25) is 0 Å². The van der Waals surface area contributed by atoms with E-state index in [1.54, 1.807) is 0 Å². The molecule has 14 heteroatoms. The van der Waals surface area contributed by atoms with Gasteiger partial charge in [-0.1, -0.05) is 0 Å². The van der Waals surface area contributed by atoms with Crippen molar-refractivity contribution in [2.75, 3.05) is 39.3 Å². The first-order valence-electron chi connectivity index (χ1n) is 10.0. The Kier molecular flexibility index (Phi) is 9.78. The summed E-state index contributed by atoms with van der Waals surface area (Å²) in [5.41, 5.74) is 6.08. The quantitative estimate of drug-likeness (QED) is 0.140. The van der Waals surface area contributed by atoms with Crippen molar-refractivity contribution in [3.05, 3.63) is 30.3 Å². The summed E-state index contributed by atoms with van der Waals surface area (Å²) in [7, 11) is -3.31. The largest absolute Gasteiger partial charge is 0.497 e. The van der Waals surface area contributed by atoms with Gasteiger partial charge < -0.3 is 29.4 Å². The summed E-state index contributed by atoms with van der Waals surface area (Å²) in [4.78, 5) is 21.3. The van der Waals surface area contributed by atoms with Crippen molar-refractivity contribution >= 4 is 39.1 Å². The van der Waals surface area contributed by atoms with Crippen LogP contribution in [-0.2, 0) is 29.2 Å². The number of carbonyl (C=O) groups is 2. The Hall–Kier alpha value is -3.91. The van der Waals surface area contributed by atoms with E-state index >= 15 is 0 Å². The Morgan fingerprint density at radius 1 is 0.886 bits per heavy atom. The van der Waals surface area contributed by atoms with Gasteiger partial charge >= 0.3 is 11.9 Å². The Morgan fingerprint density at radius 2 is 1.46 bits per heavy atom. The molecule has 2 rings (SSSR count). The molecular formula is C21H25N3O10S. The van der Waals surface area contributed by atoms with E-state index in [4.69, 9.17) is 29.4 Å². The highest BCUT2D eigenvalue weighted by Crippen LogP contribution is 2.38. The predicted molar refractivity (Wildman–Crippen MR) is 122 cm³/mol. The number of rotatable bonds is 12. The Bertz CT molecular complexity index is 1200. The van der Waals surface area contributed by atoms with Gasteiger partial charge in [0.25, 0.3) is 10.1 Å². The maximum Gasteiger partial charge on any atom is 0.302 e. The van der Waals surface area contributed by atoms with E-state index < -0.39 is 27.0 Å². The van der Waals surface area contributed by atoms with Gasteiger partial charge in [0.1, 0.15) is 59.9 Å². The number of nitrogen functional groups attached to an aromatic ring is 1. The van der Waals surface area contributed by atoms with Gasteiger partial charge in [-0.15, -0.1) is 10.2 Å². The first-order chi connectivity index (χ1) is 16.5. The maximum absolute atomic E-state index is 11.8. The van der Waals surface area contributed by atoms with Gasteiger partial charge in [-0.2, -0.15) is 8.42 Å². The lowest BCUT2D eigenvalue weighted by atomic mass is 10.2. The fraction of sp³-hybridized carbons (Fsp3) is 0.333. The molecule has 0 aliphatic rings. The van der Waals surface area contributed by atoms with Crippen LogP contribution in [0.15, 0.2) is 45.5 Å². The number of anilines is 1. The van der Waals surface area contributed by atoms with Crippen LogP contribution in [0.4, 0.5) is 17.1 Å². The molecule has 0 radical (unpaired) electrons. The zero-order valence-electron chi connectivity index (χ0n) is 19.2. The van der Waals surface area contributed by atoms with E-state index in [0.29, 0.717) is 0 Å². The van der Waals surface area contributed by atoms with Crippen LogP contribution in [0.3, 0.4) is 0 Å². The number of carbonyl (C=O) groups excluding carboxylic acids is 2. The second kappa shape index (κ2) is 12.5. The lowest BCUT2D eigenvalue weighted by Crippen LogP contribution is -2.11. The molecule has 2 aromatic rings. The number of ether oxygens (including phenoxy) is 5. The maximum atomic E-state index is 11.8. The topological polar surface area (TPSA) is 185 Å². The van der Waals surface area contributed by atoms with E-state index in [9.17, 15) is 22.6 Å². The summed E-state index contributed by atoms with van der Waals surface area (Å²) in [6.45, 7) is 2.41. The highest BCUT2D eigenvalue weighted by atomic mass is 32.2. The molecule has 35 heavy (non-hydrogen) atoms. The van der Waals surface area contributed by atoms with Crippen LogP contribution in [0.25, 0.3) is 0 Å². The fourth-order valence-electron chi connectivity index (χ4n) is 2.58. The third-order valence-electron chi connectivity index (χ3n) is 4.09. The number of benzene rings is 2. The Labute approximate surface area is 201 Å². The van der Waals surface area contributed by atoms with E-state index in [1.165, 1.54) is 45.2 Å². The summed E-state index contributed by atoms with van der Waals surface area (Å²) in [5, 5.41) is 7.96. The molecule has 0 amide bonds. The van der Waals surface area contributed by atoms with Crippen LogP contribution in [0, 0.1) is 0 Å². The summed E-state index contributed by atoms with van der Waals surface area (Å²) < 4.78 is 58.8. The summed E-state index contributed by atoms with van der Waals surface area (Å²) in [5.74, 6) is -0.471. The number of nitrogens with zero attached hydrogens (tertiary/aromatic N) is 2. The van der Waals surface area contributed by atoms with Crippen molar-refractivity contribution < 1.29 is 46.2 Å². The van der Waals surface area contributed by atoms with Gasteiger partial charge in [0.05, 0.1) is 12.8 Å². The van der Waals surface area contributed by atoms with Gasteiger partial charge in [0, 0.05) is 32.0 Å². The van der Waals surface area contributed by atoms with Crippen molar-refractivity contribution in [1.29, 1.82) is 0 Å². The standard InChI is InChI=1S/C21H25N3O10S/c1-13(25)31-6-8-33-19-12-18(20(11-16(19)22)34-9-7-32-14(2)26)24-23-17-5-4-15(30-3)10-21(17)35(27,28)29/h4-5,10-12H,6-9,22H2,1-3H3,(H,27,28,29). The summed E-state index contributed by atoms with van der Waals surface area (Å²) in [6, 6.07) is 6.59. The average molecular weight is 512 g/mol. The monoisotopic (exact) mass is 511 g/mol. The molecule has 13 nitrogen and oxygen atoms in total. The minimum Gasteiger partial charge on any atom is -0.497 e. The Morgan fingerprint density at radius 3 is 2.00 bits per heavy atom.